The van der Waals surface area contributed by atoms with E-state index in [1.54, 1.807) is 12.1 Å². The number of aromatic nitrogens is 3. The molecule has 0 saturated carbocycles. The van der Waals surface area contributed by atoms with Crippen LogP contribution in [0.15, 0.2) is 60.3 Å². The van der Waals surface area contributed by atoms with Crippen LogP contribution in [0.25, 0.3) is 0 Å². The molecule has 3 aromatic rings. The largest absolute Gasteiger partial charge is 0.345 e. The number of anilines is 1. The van der Waals surface area contributed by atoms with E-state index < -0.39 is 0 Å². The van der Waals surface area contributed by atoms with Crippen molar-refractivity contribution in [3.05, 3.63) is 81.2 Å². The average molecular weight is 561 g/mol. The molecule has 32 heavy (non-hydrogen) atoms. The minimum absolute atomic E-state index is 0.123. The SMILES string of the molecule is C=CCn1c(CNC(=O)c2cccc(C)c2)nnc1SCC(=O)Nc1ccc(I)cc1C. The lowest BCUT2D eigenvalue weighted by molar-refractivity contribution is -0.113. The van der Waals surface area contributed by atoms with Gasteiger partial charge in [0.15, 0.2) is 11.0 Å². The highest BCUT2D eigenvalue weighted by atomic mass is 127. The van der Waals surface area contributed by atoms with Crippen molar-refractivity contribution in [1.82, 2.24) is 20.1 Å². The van der Waals surface area contributed by atoms with Crippen LogP contribution in [-0.4, -0.2) is 32.3 Å². The minimum Gasteiger partial charge on any atom is -0.345 e. The van der Waals surface area contributed by atoms with Gasteiger partial charge in [0.1, 0.15) is 0 Å². The van der Waals surface area contributed by atoms with Gasteiger partial charge in [0.25, 0.3) is 5.91 Å². The highest BCUT2D eigenvalue weighted by Gasteiger charge is 2.15. The topological polar surface area (TPSA) is 88.9 Å². The van der Waals surface area contributed by atoms with Crippen LogP contribution >= 0.6 is 34.4 Å². The third-order valence-corrected chi connectivity index (χ3v) is 6.23. The number of nitrogens with zero attached hydrogens (tertiary/aromatic N) is 3. The number of carbonyl (C=O) groups is 2. The molecule has 0 atom stereocenters. The molecule has 0 aliphatic heterocycles. The molecular formula is C23H24IN5O2S. The molecule has 2 aromatic carbocycles. The number of halogens is 1. The van der Waals surface area contributed by atoms with Gasteiger partial charge in [-0.05, 0) is 72.3 Å². The molecule has 0 radical (unpaired) electrons. The second kappa shape index (κ2) is 11.3. The quantitative estimate of drug-likeness (QED) is 0.231. The van der Waals surface area contributed by atoms with Crippen molar-refractivity contribution in [2.75, 3.05) is 11.1 Å². The van der Waals surface area contributed by atoms with Crippen LogP contribution in [-0.2, 0) is 17.9 Å². The molecule has 2 amide bonds. The van der Waals surface area contributed by atoms with E-state index in [4.69, 9.17) is 0 Å². The fourth-order valence-electron chi connectivity index (χ4n) is 3.00. The van der Waals surface area contributed by atoms with Gasteiger partial charge < -0.3 is 15.2 Å². The first-order chi connectivity index (χ1) is 15.4. The fourth-order valence-corrected chi connectivity index (χ4v) is 4.41. The summed E-state index contributed by atoms with van der Waals surface area (Å²) < 4.78 is 2.96. The van der Waals surface area contributed by atoms with E-state index in [1.807, 2.05) is 54.8 Å². The van der Waals surface area contributed by atoms with E-state index in [0.29, 0.717) is 23.1 Å². The molecule has 166 valence electrons. The van der Waals surface area contributed by atoms with Gasteiger partial charge in [-0.2, -0.15) is 0 Å². The molecule has 9 heteroatoms. The third kappa shape index (κ3) is 6.42. The maximum atomic E-state index is 12.4. The lowest BCUT2D eigenvalue weighted by Crippen LogP contribution is -2.25. The number of benzene rings is 2. The highest BCUT2D eigenvalue weighted by molar-refractivity contribution is 14.1. The van der Waals surface area contributed by atoms with Crippen molar-refractivity contribution in [1.29, 1.82) is 0 Å². The number of rotatable bonds is 9. The van der Waals surface area contributed by atoms with E-state index >= 15 is 0 Å². The molecule has 0 aliphatic rings. The molecule has 1 aromatic heterocycles. The molecule has 0 saturated heterocycles. The first-order valence-corrected chi connectivity index (χ1v) is 12.0. The van der Waals surface area contributed by atoms with Crippen LogP contribution in [0.3, 0.4) is 0 Å². The average Bonchev–Trinajstić information content (AvgIpc) is 3.14. The normalized spacial score (nSPS) is 10.6. The van der Waals surface area contributed by atoms with Crippen LogP contribution in [0.1, 0.15) is 27.3 Å². The Morgan fingerprint density at radius 1 is 1.19 bits per heavy atom. The molecule has 0 bridgehead atoms. The number of hydrogen-bond donors (Lipinski definition) is 2. The molecular weight excluding hydrogens is 537 g/mol. The molecule has 3 rings (SSSR count). The Morgan fingerprint density at radius 2 is 2.00 bits per heavy atom. The molecule has 7 nitrogen and oxygen atoms in total. The van der Waals surface area contributed by atoms with Crippen LogP contribution < -0.4 is 10.6 Å². The Kier molecular flexibility index (Phi) is 8.46. The summed E-state index contributed by atoms with van der Waals surface area (Å²) in [7, 11) is 0. The van der Waals surface area contributed by atoms with E-state index in [2.05, 4.69) is 50.0 Å². The summed E-state index contributed by atoms with van der Waals surface area (Å²) in [5.41, 5.74) is 3.42. The van der Waals surface area contributed by atoms with Gasteiger partial charge in [-0.15, -0.1) is 16.8 Å². The zero-order valence-corrected chi connectivity index (χ0v) is 20.9. The fraction of sp³-hybridized carbons (Fsp3) is 0.217. The number of aryl methyl sites for hydroxylation is 2. The number of carbonyl (C=O) groups excluding carboxylic acids is 2. The number of hydrogen-bond acceptors (Lipinski definition) is 5. The molecule has 0 aliphatic carbocycles. The standard InChI is InChI=1S/C23H24IN5O2S/c1-4-10-29-20(13-25-22(31)17-7-5-6-15(2)11-17)27-28-23(29)32-14-21(30)26-19-9-8-18(24)12-16(19)3/h4-9,11-12H,1,10,13-14H2,2-3H3,(H,25,31)(H,26,30). The van der Waals surface area contributed by atoms with Gasteiger partial charge in [0.2, 0.25) is 5.91 Å². The molecule has 0 fully saturated rings. The molecule has 2 N–H and O–H groups in total. The van der Waals surface area contributed by atoms with Crippen LogP contribution in [0.4, 0.5) is 5.69 Å². The number of thioether (sulfide) groups is 1. The van der Waals surface area contributed by atoms with Crippen molar-refractivity contribution in [2.45, 2.75) is 32.1 Å². The van der Waals surface area contributed by atoms with Gasteiger partial charge in [0.05, 0.1) is 12.3 Å². The highest BCUT2D eigenvalue weighted by Crippen LogP contribution is 2.20. The monoisotopic (exact) mass is 561 g/mol. The lowest BCUT2D eigenvalue weighted by atomic mass is 10.1. The van der Waals surface area contributed by atoms with E-state index in [1.165, 1.54) is 11.8 Å². The Hall–Kier alpha value is -2.66. The second-order valence-electron chi connectivity index (χ2n) is 7.15. The van der Waals surface area contributed by atoms with E-state index in [-0.39, 0.29) is 24.1 Å². The summed E-state index contributed by atoms with van der Waals surface area (Å²) in [5, 5.41) is 14.8. The van der Waals surface area contributed by atoms with Crippen molar-refractivity contribution >= 4 is 51.9 Å². The second-order valence-corrected chi connectivity index (χ2v) is 9.33. The maximum Gasteiger partial charge on any atom is 0.251 e. The third-order valence-electron chi connectivity index (χ3n) is 4.59. The lowest BCUT2D eigenvalue weighted by Gasteiger charge is -2.10. The van der Waals surface area contributed by atoms with Crippen LogP contribution in [0, 0.1) is 17.4 Å². The summed E-state index contributed by atoms with van der Waals surface area (Å²) in [6, 6.07) is 13.3. The van der Waals surface area contributed by atoms with Crippen molar-refractivity contribution in [3.8, 4) is 0 Å². The predicted octanol–water partition coefficient (Wildman–Crippen LogP) is 4.35. The van der Waals surface area contributed by atoms with Crippen LogP contribution in [0.5, 0.6) is 0 Å². The predicted molar refractivity (Wildman–Crippen MR) is 136 cm³/mol. The zero-order chi connectivity index (χ0) is 23.1. The summed E-state index contributed by atoms with van der Waals surface area (Å²) in [6.07, 6.45) is 1.73. The Bertz CT molecular complexity index is 1150. The Morgan fingerprint density at radius 3 is 2.72 bits per heavy atom. The first-order valence-electron chi connectivity index (χ1n) is 9.94. The summed E-state index contributed by atoms with van der Waals surface area (Å²) in [5.74, 6) is 0.489. The molecule has 1 heterocycles. The molecule has 0 spiro atoms. The van der Waals surface area contributed by atoms with Crippen molar-refractivity contribution < 1.29 is 9.59 Å². The van der Waals surface area contributed by atoms with Crippen molar-refractivity contribution in [3.63, 3.8) is 0 Å². The van der Waals surface area contributed by atoms with Gasteiger partial charge >= 0.3 is 0 Å². The number of nitrogens with one attached hydrogen (secondary N) is 2. The first kappa shape index (κ1) is 24.0. The van der Waals surface area contributed by atoms with Gasteiger partial charge in [-0.1, -0.05) is 35.5 Å². The smallest absolute Gasteiger partial charge is 0.251 e. The van der Waals surface area contributed by atoms with Crippen molar-refractivity contribution in [2.24, 2.45) is 0 Å². The number of allylic oxidation sites excluding steroid dienone is 1. The summed E-state index contributed by atoms with van der Waals surface area (Å²) in [6.45, 7) is 8.39. The van der Waals surface area contributed by atoms with Gasteiger partial charge in [-0.3, -0.25) is 9.59 Å². The van der Waals surface area contributed by atoms with Crippen LogP contribution in [0.2, 0.25) is 0 Å². The van der Waals surface area contributed by atoms with Gasteiger partial charge in [0, 0.05) is 21.4 Å². The minimum atomic E-state index is -0.177. The van der Waals surface area contributed by atoms with Gasteiger partial charge in [-0.25, -0.2) is 0 Å². The number of amides is 2. The summed E-state index contributed by atoms with van der Waals surface area (Å²) in [4.78, 5) is 24.9. The maximum absolute atomic E-state index is 12.4. The van der Waals surface area contributed by atoms with E-state index in [0.717, 1.165) is 20.4 Å². The zero-order valence-electron chi connectivity index (χ0n) is 17.9. The Labute approximate surface area is 205 Å². The van der Waals surface area contributed by atoms with E-state index in [9.17, 15) is 9.59 Å². The Balaban J connectivity index is 1.61. The molecule has 0 unspecified atom stereocenters. The summed E-state index contributed by atoms with van der Waals surface area (Å²) >= 11 is 3.53.